The third-order valence-corrected chi connectivity index (χ3v) is 3.66. The number of aryl methyl sites for hydroxylation is 3. The predicted octanol–water partition coefficient (Wildman–Crippen LogP) is 3.35. The predicted molar refractivity (Wildman–Crippen MR) is 89.3 cm³/mol. The molecule has 1 N–H and O–H groups in total. The topological polar surface area (TPSA) is 38.3 Å². The molecule has 0 unspecified atom stereocenters. The molecule has 0 aliphatic heterocycles. The molecule has 0 aromatic heterocycles. The maximum Gasteiger partial charge on any atom is 0.224 e. The van der Waals surface area contributed by atoms with Crippen molar-refractivity contribution in [2.45, 2.75) is 27.2 Å². The number of rotatable bonds is 6. The molecule has 0 spiro atoms. The van der Waals surface area contributed by atoms with Crippen LogP contribution in [0.1, 0.15) is 22.3 Å². The van der Waals surface area contributed by atoms with Gasteiger partial charge >= 0.3 is 0 Å². The molecule has 0 fully saturated rings. The molecule has 22 heavy (non-hydrogen) atoms. The molecule has 0 saturated carbocycles. The summed E-state index contributed by atoms with van der Waals surface area (Å²) in [6, 6.07) is 14.0. The van der Waals surface area contributed by atoms with Gasteiger partial charge in [-0.15, -0.1) is 0 Å². The molecule has 0 aliphatic rings. The lowest BCUT2D eigenvalue weighted by atomic mass is 10.1. The van der Waals surface area contributed by atoms with Gasteiger partial charge < -0.3 is 10.1 Å². The highest BCUT2D eigenvalue weighted by atomic mass is 16.5. The van der Waals surface area contributed by atoms with E-state index in [1.165, 1.54) is 16.7 Å². The van der Waals surface area contributed by atoms with Gasteiger partial charge in [-0.05, 0) is 49.6 Å². The van der Waals surface area contributed by atoms with Crippen molar-refractivity contribution < 1.29 is 9.53 Å². The van der Waals surface area contributed by atoms with E-state index in [-0.39, 0.29) is 5.91 Å². The average molecular weight is 297 g/mol. The zero-order chi connectivity index (χ0) is 15.9. The van der Waals surface area contributed by atoms with Crippen LogP contribution in [-0.4, -0.2) is 19.1 Å². The highest BCUT2D eigenvalue weighted by Crippen LogP contribution is 2.16. The Kier molecular flexibility index (Phi) is 5.59. The fourth-order valence-electron chi connectivity index (χ4n) is 2.12. The first kappa shape index (κ1) is 16.1. The number of nitrogens with one attached hydrogen (secondary N) is 1. The van der Waals surface area contributed by atoms with E-state index in [4.69, 9.17) is 4.74 Å². The second-order valence-electron chi connectivity index (χ2n) is 5.61. The summed E-state index contributed by atoms with van der Waals surface area (Å²) in [6.45, 7) is 7.16. The number of hydrogen-bond donors (Lipinski definition) is 1. The highest BCUT2D eigenvalue weighted by molar-refractivity contribution is 5.78. The van der Waals surface area contributed by atoms with Crippen molar-refractivity contribution in [1.29, 1.82) is 0 Å². The SMILES string of the molecule is Cc1ccc(CC(=O)NCCOc2ccc(C)c(C)c2)cc1. The van der Waals surface area contributed by atoms with Crippen LogP contribution in [0.4, 0.5) is 0 Å². The summed E-state index contributed by atoms with van der Waals surface area (Å²) in [4.78, 5) is 11.8. The number of hydrogen-bond acceptors (Lipinski definition) is 2. The lowest BCUT2D eigenvalue weighted by Gasteiger charge is -2.09. The standard InChI is InChI=1S/C19H23NO2/c1-14-4-7-17(8-5-14)13-19(21)20-10-11-22-18-9-6-15(2)16(3)12-18/h4-9,12H,10-11,13H2,1-3H3,(H,20,21). The number of benzene rings is 2. The summed E-state index contributed by atoms with van der Waals surface area (Å²) < 4.78 is 5.64. The average Bonchev–Trinajstić information content (AvgIpc) is 2.49. The van der Waals surface area contributed by atoms with Crippen molar-refractivity contribution in [3.05, 3.63) is 64.7 Å². The molecule has 2 rings (SSSR count). The minimum Gasteiger partial charge on any atom is -0.492 e. The molecule has 2 aromatic rings. The van der Waals surface area contributed by atoms with Crippen LogP contribution in [0.25, 0.3) is 0 Å². The van der Waals surface area contributed by atoms with Crippen LogP contribution in [0.5, 0.6) is 5.75 Å². The van der Waals surface area contributed by atoms with Crippen LogP contribution in [-0.2, 0) is 11.2 Å². The number of carbonyl (C=O) groups excluding carboxylic acids is 1. The summed E-state index contributed by atoms with van der Waals surface area (Å²) in [5.74, 6) is 0.864. The zero-order valence-electron chi connectivity index (χ0n) is 13.5. The lowest BCUT2D eigenvalue weighted by molar-refractivity contribution is -0.120. The van der Waals surface area contributed by atoms with Gasteiger partial charge in [0.15, 0.2) is 0 Å². The smallest absolute Gasteiger partial charge is 0.224 e. The Balaban J connectivity index is 1.70. The molecule has 3 heteroatoms. The summed E-state index contributed by atoms with van der Waals surface area (Å²) in [7, 11) is 0. The summed E-state index contributed by atoms with van der Waals surface area (Å²) in [6.07, 6.45) is 0.407. The first-order valence-electron chi connectivity index (χ1n) is 7.57. The van der Waals surface area contributed by atoms with E-state index in [1.807, 2.05) is 49.4 Å². The quantitative estimate of drug-likeness (QED) is 0.830. The van der Waals surface area contributed by atoms with Crippen LogP contribution in [0.15, 0.2) is 42.5 Å². The van der Waals surface area contributed by atoms with E-state index < -0.39 is 0 Å². The molecule has 0 radical (unpaired) electrons. The van der Waals surface area contributed by atoms with Crippen LogP contribution >= 0.6 is 0 Å². The lowest BCUT2D eigenvalue weighted by Crippen LogP contribution is -2.29. The second-order valence-corrected chi connectivity index (χ2v) is 5.61. The van der Waals surface area contributed by atoms with Gasteiger partial charge in [-0.3, -0.25) is 4.79 Å². The molecule has 1 amide bonds. The number of ether oxygens (including phenoxy) is 1. The van der Waals surface area contributed by atoms with Crippen LogP contribution in [0.2, 0.25) is 0 Å². The Bertz CT molecular complexity index is 632. The van der Waals surface area contributed by atoms with Gasteiger partial charge in [0.1, 0.15) is 12.4 Å². The number of carbonyl (C=O) groups is 1. The zero-order valence-corrected chi connectivity index (χ0v) is 13.5. The van der Waals surface area contributed by atoms with Gasteiger partial charge in [0.05, 0.1) is 13.0 Å². The normalized spacial score (nSPS) is 10.3. The Morgan fingerprint density at radius 2 is 1.73 bits per heavy atom. The molecule has 3 nitrogen and oxygen atoms in total. The first-order valence-corrected chi connectivity index (χ1v) is 7.57. The largest absolute Gasteiger partial charge is 0.492 e. The van der Waals surface area contributed by atoms with E-state index in [9.17, 15) is 4.79 Å². The second kappa shape index (κ2) is 7.64. The van der Waals surface area contributed by atoms with Gasteiger partial charge in [-0.25, -0.2) is 0 Å². The monoisotopic (exact) mass is 297 g/mol. The van der Waals surface area contributed by atoms with Gasteiger partial charge in [0, 0.05) is 0 Å². The van der Waals surface area contributed by atoms with E-state index in [0.29, 0.717) is 19.6 Å². The Labute approximate surface area is 132 Å². The molecular formula is C19H23NO2. The maximum atomic E-state index is 11.8. The van der Waals surface area contributed by atoms with Crippen molar-refractivity contribution in [2.24, 2.45) is 0 Å². The number of amides is 1. The molecule has 0 bridgehead atoms. The van der Waals surface area contributed by atoms with Crippen LogP contribution in [0.3, 0.4) is 0 Å². The molecule has 2 aromatic carbocycles. The van der Waals surface area contributed by atoms with E-state index >= 15 is 0 Å². The van der Waals surface area contributed by atoms with Crippen molar-refractivity contribution >= 4 is 5.91 Å². The van der Waals surface area contributed by atoms with Crippen molar-refractivity contribution in [3.63, 3.8) is 0 Å². The third-order valence-electron chi connectivity index (χ3n) is 3.66. The Morgan fingerprint density at radius 3 is 2.41 bits per heavy atom. The third kappa shape index (κ3) is 4.92. The first-order chi connectivity index (χ1) is 10.5. The van der Waals surface area contributed by atoms with Crippen LogP contribution in [0, 0.1) is 20.8 Å². The molecule has 0 heterocycles. The fourth-order valence-corrected chi connectivity index (χ4v) is 2.12. The molecule has 0 aliphatic carbocycles. The van der Waals surface area contributed by atoms with Gasteiger partial charge in [-0.1, -0.05) is 35.9 Å². The van der Waals surface area contributed by atoms with Crippen LogP contribution < -0.4 is 10.1 Å². The molecule has 116 valence electrons. The highest BCUT2D eigenvalue weighted by Gasteiger charge is 2.03. The van der Waals surface area contributed by atoms with E-state index in [0.717, 1.165) is 11.3 Å². The summed E-state index contributed by atoms with van der Waals surface area (Å²) >= 11 is 0. The summed E-state index contributed by atoms with van der Waals surface area (Å²) in [5, 5.41) is 2.88. The van der Waals surface area contributed by atoms with Crippen molar-refractivity contribution in [3.8, 4) is 5.75 Å². The van der Waals surface area contributed by atoms with Crippen molar-refractivity contribution in [2.75, 3.05) is 13.2 Å². The van der Waals surface area contributed by atoms with Crippen molar-refractivity contribution in [1.82, 2.24) is 5.32 Å². The molecular weight excluding hydrogens is 274 g/mol. The van der Waals surface area contributed by atoms with Gasteiger partial charge in [0.25, 0.3) is 0 Å². The van der Waals surface area contributed by atoms with E-state index in [1.54, 1.807) is 0 Å². The van der Waals surface area contributed by atoms with Gasteiger partial charge in [0.2, 0.25) is 5.91 Å². The molecule has 0 atom stereocenters. The Morgan fingerprint density at radius 1 is 1.00 bits per heavy atom. The minimum absolute atomic E-state index is 0.0209. The minimum atomic E-state index is 0.0209. The Hall–Kier alpha value is -2.29. The maximum absolute atomic E-state index is 11.8. The summed E-state index contributed by atoms with van der Waals surface area (Å²) in [5.41, 5.74) is 4.68. The fraction of sp³-hybridized carbons (Fsp3) is 0.316. The van der Waals surface area contributed by atoms with Gasteiger partial charge in [-0.2, -0.15) is 0 Å². The van der Waals surface area contributed by atoms with E-state index in [2.05, 4.69) is 19.2 Å². The molecule has 0 saturated heterocycles.